The number of nitrogens with one attached hydrogen (secondary N) is 1. The van der Waals surface area contributed by atoms with E-state index < -0.39 is 0 Å². The van der Waals surface area contributed by atoms with E-state index in [1.807, 2.05) is 22.9 Å². The summed E-state index contributed by atoms with van der Waals surface area (Å²) in [7, 11) is 0. The average molecular weight is 260 g/mol. The van der Waals surface area contributed by atoms with Crippen molar-refractivity contribution in [1.29, 1.82) is 0 Å². The average Bonchev–Trinajstić information content (AvgIpc) is 3.04. The van der Waals surface area contributed by atoms with Gasteiger partial charge in [0.1, 0.15) is 12.8 Å². The minimum absolute atomic E-state index is 0.448. The van der Waals surface area contributed by atoms with Crippen LogP contribution < -0.4 is 4.99 Å². The van der Waals surface area contributed by atoms with Crippen molar-refractivity contribution in [2.24, 2.45) is 0 Å². The molecular weight excluding hydrogens is 246 g/mol. The molecule has 2 aromatic rings. The van der Waals surface area contributed by atoms with Crippen LogP contribution >= 0.6 is 11.8 Å². The van der Waals surface area contributed by atoms with Gasteiger partial charge in [0.2, 0.25) is 5.16 Å². The van der Waals surface area contributed by atoms with Crippen LogP contribution in [-0.4, -0.2) is 32.5 Å². The summed E-state index contributed by atoms with van der Waals surface area (Å²) >= 11 is 1.59. The Morgan fingerprint density at radius 2 is 2.22 bits per heavy atom. The fraction of sp³-hybridized carbons (Fsp3) is 0.333. The molecule has 0 unspecified atom stereocenters. The second-order valence-electron chi connectivity index (χ2n) is 4.20. The van der Waals surface area contributed by atoms with E-state index in [1.165, 1.54) is 0 Å². The Bertz CT molecular complexity index is 536. The van der Waals surface area contributed by atoms with E-state index in [-0.39, 0.29) is 0 Å². The second kappa shape index (κ2) is 5.30. The summed E-state index contributed by atoms with van der Waals surface area (Å²) in [5.41, 5.74) is 0. The van der Waals surface area contributed by atoms with Crippen molar-refractivity contribution >= 4 is 18.0 Å². The Labute approximate surface area is 109 Å². The molecule has 92 valence electrons. The molecule has 0 saturated heterocycles. The Hall–Kier alpha value is -1.69. The predicted molar refractivity (Wildman–Crippen MR) is 68.4 cm³/mol. The van der Waals surface area contributed by atoms with Crippen LogP contribution in [-0.2, 0) is 6.54 Å². The standard InChI is InChI=1S/C12H13N5S/c1-2-6-11(7-3-1)18-12-14-15-16-17(12)9-10-5-4-8-13-10/h1-3,6-8,10H,4-5,9H2/p+1/t10-/m0/s1. The quantitative estimate of drug-likeness (QED) is 0.849. The smallest absolute Gasteiger partial charge is 0.214 e. The zero-order valence-corrected chi connectivity index (χ0v) is 10.7. The van der Waals surface area contributed by atoms with E-state index in [0.29, 0.717) is 6.04 Å². The molecule has 1 aliphatic heterocycles. The van der Waals surface area contributed by atoms with Gasteiger partial charge in [0.15, 0.2) is 6.04 Å². The first-order valence-electron chi connectivity index (χ1n) is 5.98. The van der Waals surface area contributed by atoms with Crippen molar-refractivity contribution < 1.29 is 4.99 Å². The summed E-state index contributed by atoms with van der Waals surface area (Å²) in [6.07, 6.45) is 4.38. The summed E-state index contributed by atoms with van der Waals surface area (Å²) < 4.78 is 1.87. The van der Waals surface area contributed by atoms with Crippen molar-refractivity contribution in [2.45, 2.75) is 35.5 Å². The predicted octanol–water partition coefficient (Wildman–Crippen LogP) is 0.138. The second-order valence-corrected chi connectivity index (χ2v) is 5.24. The summed E-state index contributed by atoms with van der Waals surface area (Å²) in [5, 5.41) is 12.7. The lowest BCUT2D eigenvalue weighted by molar-refractivity contribution is -0.492. The number of hydrogen-bond donors (Lipinski definition) is 1. The molecule has 1 aromatic heterocycles. The van der Waals surface area contributed by atoms with Crippen molar-refractivity contribution in [3.05, 3.63) is 30.3 Å². The lowest BCUT2D eigenvalue weighted by atomic mass is 10.2. The maximum absolute atomic E-state index is 4.08. The zero-order chi connectivity index (χ0) is 12.2. The Kier molecular flexibility index (Phi) is 3.36. The van der Waals surface area contributed by atoms with Crippen LogP contribution in [0.2, 0.25) is 0 Å². The number of rotatable bonds is 4. The van der Waals surface area contributed by atoms with Gasteiger partial charge in [-0.2, -0.15) is 0 Å². The van der Waals surface area contributed by atoms with Crippen LogP contribution in [0.1, 0.15) is 12.8 Å². The number of nitrogens with zero attached hydrogens (tertiary/aromatic N) is 4. The van der Waals surface area contributed by atoms with Gasteiger partial charge in [0.05, 0.1) is 0 Å². The van der Waals surface area contributed by atoms with E-state index in [1.54, 1.807) is 11.8 Å². The zero-order valence-electron chi connectivity index (χ0n) is 9.86. The molecule has 0 radical (unpaired) electrons. The van der Waals surface area contributed by atoms with Gasteiger partial charge in [-0.1, -0.05) is 18.2 Å². The Balaban J connectivity index is 1.73. The van der Waals surface area contributed by atoms with Gasteiger partial charge in [-0.05, 0) is 34.3 Å². The number of benzene rings is 1. The molecular formula is C12H14N5S+. The van der Waals surface area contributed by atoms with E-state index in [9.17, 15) is 0 Å². The molecule has 1 N–H and O–H groups in total. The molecule has 3 rings (SSSR count). The normalized spacial score (nSPS) is 18.3. The van der Waals surface area contributed by atoms with Gasteiger partial charge in [-0.3, -0.25) is 0 Å². The van der Waals surface area contributed by atoms with E-state index in [0.717, 1.165) is 29.4 Å². The highest BCUT2D eigenvalue weighted by molar-refractivity contribution is 7.99. The van der Waals surface area contributed by atoms with Gasteiger partial charge in [0.25, 0.3) is 0 Å². The number of hydrogen-bond acceptors (Lipinski definition) is 4. The third kappa shape index (κ3) is 2.59. The van der Waals surface area contributed by atoms with Crippen LogP contribution in [0.25, 0.3) is 0 Å². The van der Waals surface area contributed by atoms with Gasteiger partial charge in [-0.25, -0.2) is 9.67 Å². The molecule has 1 aliphatic rings. The van der Waals surface area contributed by atoms with Gasteiger partial charge < -0.3 is 0 Å². The van der Waals surface area contributed by atoms with Crippen LogP contribution in [0, 0.1) is 0 Å². The molecule has 0 saturated carbocycles. The maximum atomic E-state index is 4.08. The molecule has 0 amide bonds. The molecule has 6 heteroatoms. The maximum Gasteiger partial charge on any atom is 0.214 e. The van der Waals surface area contributed by atoms with E-state index in [4.69, 9.17) is 0 Å². The minimum atomic E-state index is 0.448. The molecule has 18 heavy (non-hydrogen) atoms. The lowest BCUT2D eigenvalue weighted by Crippen LogP contribution is -2.74. The Morgan fingerprint density at radius 3 is 3.00 bits per heavy atom. The minimum Gasteiger partial charge on any atom is -0.247 e. The van der Waals surface area contributed by atoms with Gasteiger partial charge in [-0.15, -0.1) is 5.10 Å². The van der Waals surface area contributed by atoms with Crippen LogP contribution in [0.3, 0.4) is 0 Å². The van der Waals surface area contributed by atoms with Crippen LogP contribution in [0.5, 0.6) is 0 Å². The van der Waals surface area contributed by atoms with Gasteiger partial charge in [0, 0.05) is 17.7 Å². The SMILES string of the molecule is C1=[NH+][C@H](Cn2nnnc2Sc2ccccc2)CC1. The summed E-state index contributed by atoms with van der Waals surface area (Å²) in [6.45, 7) is 0.818. The van der Waals surface area contributed by atoms with E-state index in [2.05, 4.69) is 38.9 Å². The monoisotopic (exact) mass is 260 g/mol. The highest BCUT2D eigenvalue weighted by Gasteiger charge is 2.20. The van der Waals surface area contributed by atoms with Crippen molar-refractivity contribution in [2.75, 3.05) is 0 Å². The van der Waals surface area contributed by atoms with Crippen LogP contribution in [0.15, 0.2) is 40.4 Å². The van der Waals surface area contributed by atoms with Crippen LogP contribution in [0.4, 0.5) is 0 Å². The number of tetrazole rings is 1. The molecule has 0 bridgehead atoms. The highest BCUT2D eigenvalue weighted by atomic mass is 32.2. The molecule has 1 aromatic carbocycles. The van der Waals surface area contributed by atoms with Crippen molar-refractivity contribution in [3.63, 3.8) is 0 Å². The van der Waals surface area contributed by atoms with Gasteiger partial charge >= 0.3 is 0 Å². The number of aromatic nitrogens is 4. The van der Waals surface area contributed by atoms with Crippen molar-refractivity contribution in [3.8, 4) is 0 Å². The molecule has 0 fully saturated rings. The highest BCUT2D eigenvalue weighted by Crippen LogP contribution is 2.24. The molecule has 0 spiro atoms. The Morgan fingerprint density at radius 1 is 1.33 bits per heavy atom. The van der Waals surface area contributed by atoms with Crippen molar-refractivity contribution in [1.82, 2.24) is 20.2 Å². The molecule has 1 atom stereocenters. The first kappa shape index (κ1) is 11.4. The third-order valence-corrected chi connectivity index (χ3v) is 3.84. The first-order chi connectivity index (χ1) is 8.92. The fourth-order valence-electron chi connectivity index (χ4n) is 1.95. The first-order valence-corrected chi connectivity index (χ1v) is 6.80. The molecule has 0 aliphatic carbocycles. The summed E-state index contributed by atoms with van der Waals surface area (Å²) in [5.74, 6) is 0. The topological polar surface area (TPSA) is 57.6 Å². The summed E-state index contributed by atoms with van der Waals surface area (Å²) in [4.78, 5) is 4.49. The lowest BCUT2D eigenvalue weighted by Gasteiger charge is -2.04. The largest absolute Gasteiger partial charge is 0.247 e. The molecule has 5 nitrogen and oxygen atoms in total. The summed E-state index contributed by atoms with van der Waals surface area (Å²) in [6, 6.07) is 10.6. The van der Waals surface area contributed by atoms with E-state index >= 15 is 0 Å². The molecule has 2 heterocycles. The fourth-order valence-corrected chi connectivity index (χ4v) is 2.75. The third-order valence-electron chi connectivity index (χ3n) is 2.86.